The first-order valence-electron chi connectivity index (χ1n) is 4.36. The third-order valence-electron chi connectivity index (χ3n) is 2.44. The Morgan fingerprint density at radius 3 is 3.00 bits per heavy atom. The van der Waals surface area contributed by atoms with Gasteiger partial charge in [-0.3, -0.25) is 4.90 Å². The van der Waals surface area contributed by atoms with Crippen molar-refractivity contribution in [1.29, 1.82) is 0 Å². The van der Waals surface area contributed by atoms with Crippen LogP contribution in [0.1, 0.15) is 13.8 Å². The van der Waals surface area contributed by atoms with Crippen molar-refractivity contribution in [2.75, 3.05) is 18.8 Å². The van der Waals surface area contributed by atoms with Crippen molar-refractivity contribution in [2.24, 2.45) is 0 Å². The van der Waals surface area contributed by atoms with Crippen molar-refractivity contribution in [3.8, 4) is 0 Å². The highest BCUT2D eigenvalue weighted by atomic mass is 35.5. The normalized spacial score (nSPS) is 32.9. The van der Waals surface area contributed by atoms with Crippen LogP contribution < -0.4 is 0 Å². The van der Waals surface area contributed by atoms with Crippen LogP contribution >= 0.6 is 23.4 Å². The van der Waals surface area contributed by atoms with E-state index in [1.165, 1.54) is 12.3 Å². The van der Waals surface area contributed by atoms with Gasteiger partial charge in [-0.25, -0.2) is 0 Å². The van der Waals surface area contributed by atoms with Crippen molar-refractivity contribution in [2.45, 2.75) is 25.1 Å². The first kappa shape index (κ1) is 10.4. The summed E-state index contributed by atoms with van der Waals surface area (Å²) in [5, 5.41) is 0.752. The van der Waals surface area contributed by atoms with Gasteiger partial charge in [-0.05, 0) is 6.92 Å². The molecule has 3 heteroatoms. The molecule has 1 rings (SSSR count). The molecule has 0 aromatic carbocycles. The Morgan fingerprint density at radius 1 is 1.58 bits per heavy atom. The van der Waals surface area contributed by atoms with E-state index in [-0.39, 0.29) is 0 Å². The van der Waals surface area contributed by atoms with Crippen LogP contribution in [0.5, 0.6) is 0 Å². The van der Waals surface area contributed by atoms with Crippen LogP contribution in [-0.4, -0.2) is 35.0 Å². The molecule has 0 saturated carbocycles. The van der Waals surface area contributed by atoms with Gasteiger partial charge in [0, 0.05) is 35.7 Å². The standard InChI is InChI=1S/C9H16ClNS/c1-8-9(2)12-7-6-11(8)5-3-4-10/h3-4,8-9H,5-7H2,1-2H3/b4-3+. The molecule has 1 heterocycles. The lowest BCUT2D eigenvalue weighted by Gasteiger charge is -2.36. The van der Waals surface area contributed by atoms with E-state index in [1.54, 1.807) is 5.54 Å². The molecule has 12 heavy (non-hydrogen) atoms. The van der Waals surface area contributed by atoms with E-state index in [1.807, 2.05) is 6.08 Å². The zero-order valence-corrected chi connectivity index (χ0v) is 9.24. The predicted octanol–water partition coefficient (Wildman–Crippen LogP) is 2.56. The summed E-state index contributed by atoms with van der Waals surface area (Å²) in [5.41, 5.74) is 1.61. The highest BCUT2D eigenvalue weighted by Crippen LogP contribution is 2.23. The molecule has 1 aliphatic rings. The third kappa shape index (κ3) is 2.68. The van der Waals surface area contributed by atoms with E-state index in [0.717, 1.165) is 11.8 Å². The van der Waals surface area contributed by atoms with Gasteiger partial charge in [0.1, 0.15) is 0 Å². The molecule has 0 amide bonds. The van der Waals surface area contributed by atoms with E-state index in [9.17, 15) is 0 Å². The van der Waals surface area contributed by atoms with Crippen LogP contribution in [0, 0.1) is 0 Å². The van der Waals surface area contributed by atoms with Crippen LogP contribution in [0.2, 0.25) is 0 Å². The SMILES string of the molecule is CC1SCCN(C/C=C/Cl)C1C. The highest BCUT2D eigenvalue weighted by molar-refractivity contribution is 8.00. The maximum Gasteiger partial charge on any atom is 0.0187 e. The molecule has 1 nitrogen and oxygen atoms in total. The summed E-state index contributed by atoms with van der Waals surface area (Å²) in [6.07, 6.45) is 2.01. The summed E-state index contributed by atoms with van der Waals surface area (Å²) in [6.45, 7) is 6.78. The monoisotopic (exact) mass is 205 g/mol. The lowest BCUT2D eigenvalue weighted by atomic mass is 10.2. The molecule has 0 N–H and O–H groups in total. The Balaban J connectivity index is 2.40. The third-order valence-corrected chi connectivity index (χ3v) is 3.96. The van der Waals surface area contributed by atoms with Gasteiger partial charge in [-0.15, -0.1) is 0 Å². The van der Waals surface area contributed by atoms with Gasteiger partial charge in [0.2, 0.25) is 0 Å². The fourth-order valence-corrected chi connectivity index (χ4v) is 2.67. The number of hydrogen-bond donors (Lipinski definition) is 0. The molecule has 1 aliphatic heterocycles. The Labute approximate surface area is 84.1 Å². The van der Waals surface area contributed by atoms with Crippen LogP contribution in [0.25, 0.3) is 0 Å². The first-order chi connectivity index (χ1) is 5.75. The van der Waals surface area contributed by atoms with E-state index >= 15 is 0 Å². The second-order valence-corrected chi connectivity index (χ2v) is 4.91. The maximum absolute atomic E-state index is 5.49. The molecule has 0 bridgehead atoms. The number of rotatable bonds is 2. The lowest BCUT2D eigenvalue weighted by molar-refractivity contribution is 0.236. The second kappa shape index (κ2) is 5.15. The van der Waals surface area contributed by atoms with Crippen LogP contribution in [-0.2, 0) is 0 Å². The van der Waals surface area contributed by atoms with E-state index in [0.29, 0.717) is 6.04 Å². The minimum absolute atomic E-state index is 0.677. The quantitative estimate of drug-likeness (QED) is 0.682. The fourth-order valence-electron chi connectivity index (χ4n) is 1.43. The minimum Gasteiger partial charge on any atom is -0.295 e. The lowest BCUT2D eigenvalue weighted by Crippen LogP contribution is -2.44. The summed E-state index contributed by atoms with van der Waals surface area (Å²) >= 11 is 7.56. The largest absolute Gasteiger partial charge is 0.295 e. The minimum atomic E-state index is 0.677. The smallest absolute Gasteiger partial charge is 0.0187 e. The van der Waals surface area contributed by atoms with E-state index in [4.69, 9.17) is 11.6 Å². The van der Waals surface area contributed by atoms with Gasteiger partial charge in [0.25, 0.3) is 0 Å². The molecule has 0 aliphatic carbocycles. The Hall–Kier alpha value is 0.340. The topological polar surface area (TPSA) is 3.24 Å². The van der Waals surface area contributed by atoms with Gasteiger partial charge < -0.3 is 0 Å². The van der Waals surface area contributed by atoms with Gasteiger partial charge in [0.05, 0.1) is 0 Å². The Bertz CT molecular complexity index is 161. The van der Waals surface area contributed by atoms with Crippen molar-refractivity contribution in [3.63, 3.8) is 0 Å². The average molecular weight is 206 g/mol. The van der Waals surface area contributed by atoms with E-state index in [2.05, 4.69) is 30.5 Å². The first-order valence-corrected chi connectivity index (χ1v) is 5.85. The summed E-state index contributed by atoms with van der Waals surface area (Å²) in [5.74, 6) is 1.25. The van der Waals surface area contributed by atoms with Gasteiger partial charge in [-0.2, -0.15) is 11.8 Å². The number of halogens is 1. The van der Waals surface area contributed by atoms with Gasteiger partial charge in [0.15, 0.2) is 0 Å². The van der Waals surface area contributed by atoms with Crippen molar-refractivity contribution >= 4 is 23.4 Å². The Kier molecular flexibility index (Phi) is 4.47. The maximum atomic E-state index is 5.49. The zero-order chi connectivity index (χ0) is 8.97. The summed E-state index contributed by atoms with van der Waals surface area (Å²) in [6, 6.07) is 0.677. The summed E-state index contributed by atoms with van der Waals surface area (Å²) in [7, 11) is 0. The summed E-state index contributed by atoms with van der Waals surface area (Å²) < 4.78 is 0. The number of thioether (sulfide) groups is 1. The predicted molar refractivity (Wildman–Crippen MR) is 57.9 cm³/mol. The van der Waals surface area contributed by atoms with Crippen molar-refractivity contribution in [1.82, 2.24) is 4.90 Å². The second-order valence-electron chi connectivity index (χ2n) is 3.17. The van der Waals surface area contributed by atoms with Gasteiger partial charge >= 0.3 is 0 Å². The number of nitrogens with zero attached hydrogens (tertiary/aromatic N) is 1. The molecule has 0 aromatic heterocycles. The summed E-state index contributed by atoms with van der Waals surface area (Å²) in [4.78, 5) is 2.47. The molecule has 2 atom stereocenters. The molecule has 0 aromatic rings. The Morgan fingerprint density at radius 2 is 2.33 bits per heavy atom. The highest BCUT2D eigenvalue weighted by Gasteiger charge is 2.23. The van der Waals surface area contributed by atoms with Crippen LogP contribution in [0.15, 0.2) is 11.6 Å². The molecular weight excluding hydrogens is 190 g/mol. The number of hydrogen-bond acceptors (Lipinski definition) is 2. The molecule has 70 valence electrons. The fraction of sp³-hybridized carbons (Fsp3) is 0.778. The molecule has 0 radical (unpaired) electrons. The molecule has 1 fully saturated rings. The zero-order valence-electron chi connectivity index (χ0n) is 7.66. The van der Waals surface area contributed by atoms with Crippen molar-refractivity contribution < 1.29 is 0 Å². The van der Waals surface area contributed by atoms with Crippen LogP contribution in [0.4, 0.5) is 0 Å². The molecule has 2 unspecified atom stereocenters. The molecule has 0 spiro atoms. The van der Waals surface area contributed by atoms with Crippen LogP contribution in [0.3, 0.4) is 0 Å². The molecular formula is C9H16ClNS. The molecule has 1 saturated heterocycles. The average Bonchev–Trinajstić information content (AvgIpc) is 2.08. The van der Waals surface area contributed by atoms with E-state index < -0.39 is 0 Å². The van der Waals surface area contributed by atoms with Crippen molar-refractivity contribution in [3.05, 3.63) is 11.6 Å². The van der Waals surface area contributed by atoms with Gasteiger partial charge in [-0.1, -0.05) is 24.6 Å².